The molecule has 0 saturated heterocycles. The Kier molecular flexibility index (Phi) is 2.75. The monoisotopic (exact) mass is 280 g/mol. The van der Waals surface area contributed by atoms with Crippen molar-refractivity contribution in [1.29, 1.82) is 0 Å². The highest BCUT2D eigenvalue weighted by Crippen LogP contribution is 2.46. The first-order valence-corrected chi connectivity index (χ1v) is 6.42. The number of fused-ring (bicyclic) bond motifs is 1. The second-order valence-corrected chi connectivity index (χ2v) is 5.75. The first-order valence-electron chi connectivity index (χ1n) is 6.42. The van der Waals surface area contributed by atoms with Crippen molar-refractivity contribution >= 4 is 11.4 Å². The molecule has 1 aliphatic heterocycles. The van der Waals surface area contributed by atoms with Crippen molar-refractivity contribution in [3.63, 3.8) is 0 Å². The highest BCUT2D eigenvalue weighted by molar-refractivity contribution is 5.69. The van der Waals surface area contributed by atoms with Gasteiger partial charge in [0.2, 0.25) is 6.79 Å². The molecule has 0 spiro atoms. The molecule has 108 valence electrons. The molecule has 0 bridgehead atoms. The van der Waals surface area contributed by atoms with E-state index in [9.17, 15) is 15.2 Å². The van der Waals surface area contributed by atoms with E-state index in [0.717, 1.165) is 0 Å². The number of nitro groups is 1. The minimum atomic E-state index is -0.452. The molecule has 0 radical (unpaired) electrons. The third kappa shape index (κ3) is 1.85. The predicted molar refractivity (Wildman–Crippen MR) is 71.0 cm³/mol. The summed E-state index contributed by atoms with van der Waals surface area (Å²) >= 11 is 0. The Morgan fingerprint density at radius 2 is 2.05 bits per heavy atom. The quantitative estimate of drug-likeness (QED) is 0.648. The number of nitrogens with one attached hydrogen (secondary N) is 1. The lowest BCUT2D eigenvalue weighted by atomic mass is 9.64. The minimum absolute atomic E-state index is 0.0171. The van der Waals surface area contributed by atoms with Crippen LogP contribution in [-0.4, -0.2) is 29.0 Å². The van der Waals surface area contributed by atoms with Gasteiger partial charge in [-0.15, -0.1) is 0 Å². The number of rotatable bonds is 3. The number of aliphatic hydroxyl groups excluding tert-OH is 1. The van der Waals surface area contributed by atoms with Crippen LogP contribution in [-0.2, 0) is 0 Å². The molecule has 3 rings (SSSR count). The van der Waals surface area contributed by atoms with Crippen LogP contribution in [0.3, 0.4) is 0 Å². The average Bonchev–Trinajstić information content (AvgIpc) is 2.84. The molecule has 20 heavy (non-hydrogen) atoms. The van der Waals surface area contributed by atoms with Gasteiger partial charge in [0.05, 0.1) is 17.1 Å². The van der Waals surface area contributed by atoms with E-state index in [2.05, 4.69) is 5.32 Å². The lowest BCUT2D eigenvalue weighted by Gasteiger charge is -2.49. The molecule has 2 atom stereocenters. The van der Waals surface area contributed by atoms with E-state index in [4.69, 9.17) is 9.47 Å². The van der Waals surface area contributed by atoms with Crippen molar-refractivity contribution in [2.75, 3.05) is 12.1 Å². The van der Waals surface area contributed by atoms with Crippen molar-refractivity contribution in [2.24, 2.45) is 5.41 Å². The number of ether oxygens (including phenoxy) is 2. The molecule has 7 nitrogen and oxygen atoms in total. The first-order chi connectivity index (χ1) is 9.39. The predicted octanol–water partition coefficient (Wildman–Crippen LogP) is 1.89. The Bertz CT molecular complexity index is 572. The van der Waals surface area contributed by atoms with Crippen molar-refractivity contribution in [3.05, 3.63) is 22.2 Å². The smallest absolute Gasteiger partial charge is 0.296 e. The zero-order valence-corrected chi connectivity index (χ0v) is 11.3. The van der Waals surface area contributed by atoms with Crippen molar-refractivity contribution in [2.45, 2.75) is 32.4 Å². The van der Waals surface area contributed by atoms with E-state index < -0.39 is 11.0 Å². The summed E-state index contributed by atoms with van der Waals surface area (Å²) in [6.45, 7) is 3.93. The van der Waals surface area contributed by atoms with E-state index in [1.165, 1.54) is 6.07 Å². The number of nitro benzene ring substituents is 1. The molecule has 1 aromatic carbocycles. The number of benzene rings is 1. The van der Waals surface area contributed by atoms with Crippen LogP contribution in [0.25, 0.3) is 0 Å². The minimum Gasteiger partial charge on any atom is -0.454 e. The summed E-state index contributed by atoms with van der Waals surface area (Å²) in [5.74, 6) is 0.880. The topological polar surface area (TPSA) is 93.9 Å². The van der Waals surface area contributed by atoms with E-state index >= 15 is 0 Å². The van der Waals surface area contributed by atoms with Crippen LogP contribution in [0.2, 0.25) is 0 Å². The van der Waals surface area contributed by atoms with E-state index in [0.29, 0.717) is 23.6 Å². The van der Waals surface area contributed by atoms with Crippen LogP contribution in [0, 0.1) is 15.5 Å². The zero-order chi connectivity index (χ0) is 14.5. The van der Waals surface area contributed by atoms with Crippen LogP contribution < -0.4 is 14.8 Å². The fraction of sp³-hybridized carbons (Fsp3) is 0.538. The largest absolute Gasteiger partial charge is 0.454 e. The van der Waals surface area contributed by atoms with Gasteiger partial charge in [0.25, 0.3) is 5.69 Å². The summed E-state index contributed by atoms with van der Waals surface area (Å²) in [5, 5.41) is 24.0. The third-order valence-electron chi connectivity index (χ3n) is 4.23. The molecular formula is C13H16N2O5. The normalized spacial score (nSPS) is 25.9. The SMILES string of the molecule is CC1(C)C(O)CC1Nc1cc2c(cc1[N+](=O)[O-])OCO2. The highest BCUT2D eigenvalue weighted by atomic mass is 16.7. The van der Waals surface area contributed by atoms with Crippen molar-refractivity contribution in [3.8, 4) is 11.5 Å². The maximum absolute atomic E-state index is 11.2. The third-order valence-corrected chi connectivity index (χ3v) is 4.23. The molecule has 1 aromatic rings. The van der Waals surface area contributed by atoms with Gasteiger partial charge in [0.1, 0.15) is 5.69 Å². The molecule has 2 aliphatic rings. The van der Waals surface area contributed by atoms with Gasteiger partial charge in [-0.2, -0.15) is 0 Å². The lowest BCUT2D eigenvalue weighted by Crippen LogP contribution is -2.56. The summed E-state index contributed by atoms with van der Waals surface area (Å²) in [7, 11) is 0. The maximum Gasteiger partial charge on any atom is 0.296 e. The Hall–Kier alpha value is -2.02. The fourth-order valence-corrected chi connectivity index (χ4v) is 2.53. The van der Waals surface area contributed by atoms with E-state index in [1.54, 1.807) is 6.07 Å². The molecule has 1 aliphatic carbocycles. The highest BCUT2D eigenvalue weighted by Gasteiger charge is 2.47. The van der Waals surface area contributed by atoms with Gasteiger partial charge in [-0.05, 0) is 6.42 Å². The molecular weight excluding hydrogens is 264 g/mol. The number of anilines is 1. The fourth-order valence-electron chi connectivity index (χ4n) is 2.53. The summed E-state index contributed by atoms with van der Waals surface area (Å²) in [4.78, 5) is 10.7. The molecule has 2 unspecified atom stereocenters. The Balaban J connectivity index is 1.91. The van der Waals surface area contributed by atoms with Gasteiger partial charge in [-0.3, -0.25) is 10.1 Å². The number of aliphatic hydroxyl groups is 1. The molecule has 1 heterocycles. The van der Waals surface area contributed by atoms with Crippen LogP contribution in [0.1, 0.15) is 20.3 Å². The van der Waals surface area contributed by atoms with Crippen LogP contribution in [0.4, 0.5) is 11.4 Å². The second-order valence-electron chi connectivity index (χ2n) is 5.75. The van der Waals surface area contributed by atoms with Crippen LogP contribution >= 0.6 is 0 Å². The molecule has 1 fully saturated rings. The molecule has 0 amide bonds. The summed E-state index contributed by atoms with van der Waals surface area (Å²) in [6.07, 6.45) is 0.173. The Morgan fingerprint density at radius 3 is 2.60 bits per heavy atom. The average molecular weight is 280 g/mol. The number of hydrogen-bond donors (Lipinski definition) is 2. The first kappa shape index (κ1) is 13.0. The van der Waals surface area contributed by atoms with Crippen molar-refractivity contribution in [1.82, 2.24) is 0 Å². The maximum atomic E-state index is 11.2. The summed E-state index contributed by atoms with van der Waals surface area (Å²) in [5.41, 5.74) is 0.0280. The summed E-state index contributed by atoms with van der Waals surface area (Å²) < 4.78 is 10.4. The van der Waals surface area contributed by atoms with Gasteiger partial charge in [0.15, 0.2) is 11.5 Å². The molecule has 0 aromatic heterocycles. The van der Waals surface area contributed by atoms with Crippen LogP contribution in [0.5, 0.6) is 11.5 Å². The van der Waals surface area contributed by atoms with Crippen LogP contribution in [0.15, 0.2) is 12.1 Å². The van der Waals surface area contributed by atoms with Gasteiger partial charge < -0.3 is 19.9 Å². The molecule has 1 saturated carbocycles. The Morgan fingerprint density at radius 1 is 1.40 bits per heavy atom. The number of hydrogen-bond acceptors (Lipinski definition) is 6. The molecule has 7 heteroatoms. The zero-order valence-electron chi connectivity index (χ0n) is 11.3. The second kappa shape index (κ2) is 4.24. The lowest BCUT2D eigenvalue weighted by molar-refractivity contribution is -0.384. The van der Waals surface area contributed by atoms with Gasteiger partial charge >= 0.3 is 0 Å². The van der Waals surface area contributed by atoms with E-state index in [-0.39, 0.29) is 23.9 Å². The number of nitrogens with zero attached hydrogens (tertiary/aromatic N) is 1. The van der Waals surface area contributed by atoms with Gasteiger partial charge in [-0.1, -0.05) is 13.8 Å². The molecule has 2 N–H and O–H groups in total. The van der Waals surface area contributed by atoms with Gasteiger partial charge in [0, 0.05) is 17.5 Å². The Labute approximate surface area is 115 Å². The summed E-state index contributed by atoms with van der Waals surface area (Å²) in [6, 6.07) is 2.94. The van der Waals surface area contributed by atoms with Crippen molar-refractivity contribution < 1.29 is 19.5 Å². The standard InChI is InChI=1S/C13H16N2O5/c1-13(2)11(5-12(13)16)14-7-3-9-10(20-6-19-9)4-8(7)15(17)18/h3-4,11-12,14,16H,5-6H2,1-2H3. The van der Waals surface area contributed by atoms with E-state index in [1.807, 2.05) is 13.8 Å². The van der Waals surface area contributed by atoms with Gasteiger partial charge in [-0.25, -0.2) is 0 Å².